The molecule has 2 N–H and O–H groups in total. The SMILES string of the molecule is COC(=O)C(C)(C)Oc1ccc(Oc2cc(F)cc(CCN)c2)cc1C. The highest BCUT2D eigenvalue weighted by Crippen LogP contribution is 2.30. The Bertz CT molecular complexity index is 789. The molecule has 2 aromatic carbocycles. The Morgan fingerprint density at radius 3 is 2.50 bits per heavy atom. The van der Waals surface area contributed by atoms with E-state index in [0.717, 1.165) is 11.1 Å². The summed E-state index contributed by atoms with van der Waals surface area (Å²) in [5.41, 5.74) is 5.96. The van der Waals surface area contributed by atoms with Crippen LogP contribution >= 0.6 is 0 Å². The van der Waals surface area contributed by atoms with Gasteiger partial charge < -0.3 is 19.9 Å². The second-order valence-electron chi connectivity index (χ2n) is 6.47. The third-order valence-corrected chi connectivity index (χ3v) is 3.79. The first-order valence-corrected chi connectivity index (χ1v) is 8.30. The summed E-state index contributed by atoms with van der Waals surface area (Å²) in [5, 5.41) is 0. The van der Waals surface area contributed by atoms with Gasteiger partial charge in [-0.1, -0.05) is 0 Å². The van der Waals surface area contributed by atoms with Gasteiger partial charge in [0.25, 0.3) is 0 Å². The molecule has 140 valence electrons. The number of rotatable bonds is 7. The molecule has 0 unspecified atom stereocenters. The van der Waals surface area contributed by atoms with Crippen molar-refractivity contribution in [1.82, 2.24) is 0 Å². The van der Waals surface area contributed by atoms with Gasteiger partial charge in [-0.15, -0.1) is 0 Å². The Balaban J connectivity index is 2.18. The standard InChI is InChI=1S/C20H24FNO4/c1-13-9-16(5-6-18(13)26-20(2,3)19(23)24-4)25-17-11-14(7-8-22)10-15(21)12-17/h5-6,9-12H,7-8,22H2,1-4H3. The van der Waals surface area contributed by atoms with Crippen LogP contribution in [0.2, 0.25) is 0 Å². The molecule has 0 radical (unpaired) electrons. The number of halogens is 1. The Hall–Kier alpha value is -2.60. The number of methoxy groups -OCH3 is 1. The molecule has 0 bridgehead atoms. The molecule has 6 heteroatoms. The van der Waals surface area contributed by atoms with Crippen LogP contribution in [0.15, 0.2) is 36.4 Å². The third-order valence-electron chi connectivity index (χ3n) is 3.79. The predicted molar refractivity (Wildman–Crippen MR) is 97.1 cm³/mol. The maximum Gasteiger partial charge on any atom is 0.349 e. The van der Waals surface area contributed by atoms with E-state index in [4.69, 9.17) is 19.9 Å². The second kappa shape index (κ2) is 8.19. The van der Waals surface area contributed by atoms with Gasteiger partial charge in [0.2, 0.25) is 0 Å². The molecule has 0 aliphatic rings. The van der Waals surface area contributed by atoms with Crippen LogP contribution in [-0.2, 0) is 16.0 Å². The number of hydrogen-bond donors (Lipinski definition) is 1. The van der Waals surface area contributed by atoms with Crippen LogP contribution < -0.4 is 15.2 Å². The minimum Gasteiger partial charge on any atom is -0.476 e. The largest absolute Gasteiger partial charge is 0.476 e. The lowest BCUT2D eigenvalue weighted by atomic mass is 10.1. The van der Waals surface area contributed by atoms with Crippen molar-refractivity contribution in [3.63, 3.8) is 0 Å². The molecule has 26 heavy (non-hydrogen) atoms. The average molecular weight is 361 g/mol. The van der Waals surface area contributed by atoms with Gasteiger partial charge in [0.1, 0.15) is 23.1 Å². The van der Waals surface area contributed by atoms with Gasteiger partial charge in [-0.25, -0.2) is 9.18 Å². The molecular weight excluding hydrogens is 337 g/mol. The quantitative estimate of drug-likeness (QED) is 0.761. The number of esters is 1. The van der Waals surface area contributed by atoms with Gasteiger partial charge in [-0.2, -0.15) is 0 Å². The Labute approximate surface area is 152 Å². The molecule has 0 amide bonds. The molecule has 0 heterocycles. The van der Waals surface area contributed by atoms with E-state index in [1.165, 1.54) is 19.2 Å². The Morgan fingerprint density at radius 1 is 1.15 bits per heavy atom. The molecular formula is C20H24FNO4. The van der Waals surface area contributed by atoms with Crippen molar-refractivity contribution in [3.8, 4) is 17.2 Å². The van der Waals surface area contributed by atoms with Gasteiger partial charge in [-0.3, -0.25) is 0 Å². The zero-order valence-electron chi connectivity index (χ0n) is 15.5. The zero-order chi connectivity index (χ0) is 19.3. The minimum atomic E-state index is -1.11. The van der Waals surface area contributed by atoms with Crippen molar-refractivity contribution >= 4 is 5.97 Å². The average Bonchev–Trinajstić information content (AvgIpc) is 2.56. The molecule has 0 spiro atoms. The van der Waals surface area contributed by atoms with Crippen LogP contribution in [0, 0.1) is 12.7 Å². The van der Waals surface area contributed by atoms with Crippen LogP contribution in [0.25, 0.3) is 0 Å². The summed E-state index contributed by atoms with van der Waals surface area (Å²) in [6.07, 6.45) is 0.572. The number of hydrogen-bond acceptors (Lipinski definition) is 5. The molecule has 0 saturated carbocycles. The maximum atomic E-state index is 13.7. The van der Waals surface area contributed by atoms with Crippen molar-refractivity contribution < 1.29 is 23.4 Å². The van der Waals surface area contributed by atoms with Crippen LogP contribution in [0.3, 0.4) is 0 Å². The van der Waals surface area contributed by atoms with E-state index >= 15 is 0 Å². The number of ether oxygens (including phenoxy) is 3. The molecule has 0 aliphatic carbocycles. The van der Waals surface area contributed by atoms with E-state index < -0.39 is 11.6 Å². The number of carbonyl (C=O) groups is 1. The Morgan fingerprint density at radius 2 is 1.88 bits per heavy atom. The normalized spacial score (nSPS) is 11.2. The molecule has 2 rings (SSSR count). The summed E-state index contributed by atoms with van der Waals surface area (Å²) in [7, 11) is 1.31. The summed E-state index contributed by atoms with van der Waals surface area (Å²) in [6, 6.07) is 9.68. The van der Waals surface area contributed by atoms with Crippen molar-refractivity contribution in [3.05, 3.63) is 53.3 Å². The minimum absolute atomic E-state index is 0.373. The van der Waals surface area contributed by atoms with Gasteiger partial charge in [0, 0.05) is 6.07 Å². The number of nitrogens with two attached hydrogens (primary N) is 1. The summed E-state index contributed by atoms with van der Waals surface area (Å²) in [4.78, 5) is 11.8. The highest BCUT2D eigenvalue weighted by Gasteiger charge is 2.31. The molecule has 0 saturated heterocycles. The fraction of sp³-hybridized carbons (Fsp3) is 0.350. The monoisotopic (exact) mass is 361 g/mol. The van der Waals surface area contributed by atoms with E-state index in [2.05, 4.69) is 0 Å². The number of benzene rings is 2. The topological polar surface area (TPSA) is 70.8 Å². The first kappa shape index (κ1) is 19.7. The highest BCUT2D eigenvalue weighted by molar-refractivity contribution is 5.78. The van der Waals surface area contributed by atoms with Crippen LogP contribution in [0.4, 0.5) is 4.39 Å². The molecule has 0 aliphatic heterocycles. The predicted octanol–water partition coefficient (Wildman–Crippen LogP) is 3.76. The third kappa shape index (κ3) is 4.95. The number of carbonyl (C=O) groups excluding carboxylic acids is 1. The maximum absolute atomic E-state index is 13.7. The first-order chi connectivity index (χ1) is 12.2. The van der Waals surface area contributed by atoms with Gasteiger partial charge in [0.15, 0.2) is 5.60 Å². The van der Waals surface area contributed by atoms with Crippen LogP contribution in [0.5, 0.6) is 17.2 Å². The summed E-state index contributed by atoms with van der Waals surface area (Å²) < 4.78 is 30.0. The highest BCUT2D eigenvalue weighted by atomic mass is 19.1. The molecule has 2 aromatic rings. The number of aryl methyl sites for hydroxylation is 1. The second-order valence-corrected chi connectivity index (χ2v) is 6.47. The van der Waals surface area contributed by atoms with Crippen molar-refractivity contribution in [2.24, 2.45) is 5.73 Å². The van der Waals surface area contributed by atoms with Gasteiger partial charge >= 0.3 is 5.97 Å². The van der Waals surface area contributed by atoms with Crippen molar-refractivity contribution in [1.29, 1.82) is 0 Å². The van der Waals surface area contributed by atoms with Crippen LogP contribution in [0.1, 0.15) is 25.0 Å². The summed E-state index contributed by atoms with van der Waals surface area (Å²) >= 11 is 0. The van der Waals surface area contributed by atoms with E-state index in [9.17, 15) is 9.18 Å². The van der Waals surface area contributed by atoms with Crippen molar-refractivity contribution in [2.45, 2.75) is 32.8 Å². The zero-order valence-corrected chi connectivity index (χ0v) is 15.5. The lowest BCUT2D eigenvalue weighted by Gasteiger charge is -2.24. The fourth-order valence-corrected chi connectivity index (χ4v) is 2.49. The summed E-state index contributed by atoms with van der Waals surface area (Å²) in [6.45, 7) is 5.54. The lowest BCUT2D eigenvalue weighted by molar-refractivity contribution is -0.156. The van der Waals surface area contributed by atoms with Gasteiger partial charge in [0.05, 0.1) is 7.11 Å². The van der Waals surface area contributed by atoms with Gasteiger partial charge in [-0.05, 0) is 75.2 Å². The Kier molecular flexibility index (Phi) is 6.21. The molecule has 0 fully saturated rings. The summed E-state index contributed by atoms with van der Waals surface area (Å²) in [5.74, 6) is 0.633. The smallest absolute Gasteiger partial charge is 0.349 e. The lowest BCUT2D eigenvalue weighted by Crippen LogP contribution is -2.39. The molecule has 0 atom stereocenters. The fourth-order valence-electron chi connectivity index (χ4n) is 2.49. The van der Waals surface area contributed by atoms with Crippen molar-refractivity contribution in [2.75, 3.05) is 13.7 Å². The van der Waals surface area contributed by atoms with E-state index in [1.54, 1.807) is 38.1 Å². The van der Waals surface area contributed by atoms with E-state index in [0.29, 0.717) is 30.2 Å². The van der Waals surface area contributed by atoms with Crippen LogP contribution in [-0.4, -0.2) is 25.2 Å². The molecule has 0 aromatic heterocycles. The van der Waals surface area contributed by atoms with E-state index in [1.807, 2.05) is 6.92 Å². The first-order valence-electron chi connectivity index (χ1n) is 8.30. The molecule has 5 nitrogen and oxygen atoms in total. The van der Waals surface area contributed by atoms with E-state index in [-0.39, 0.29) is 5.82 Å².